The van der Waals surface area contributed by atoms with Gasteiger partial charge >= 0.3 is 5.97 Å². The molecule has 0 fully saturated rings. The third-order valence-electron chi connectivity index (χ3n) is 2.93. The maximum absolute atomic E-state index is 11.8. The number of benzene rings is 1. The molecule has 4 heteroatoms. The molecular formula is C13H18O4. The van der Waals surface area contributed by atoms with Crippen LogP contribution in [-0.4, -0.2) is 29.4 Å². The lowest BCUT2D eigenvalue weighted by atomic mass is 9.87. The highest BCUT2D eigenvalue weighted by Crippen LogP contribution is 2.23. The highest BCUT2D eigenvalue weighted by Gasteiger charge is 2.37. The van der Waals surface area contributed by atoms with E-state index in [9.17, 15) is 15.0 Å². The Morgan fingerprint density at radius 2 is 1.82 bits per heavy atom. The second-order valence-corrected chi connectivity index (χ2v) is 4.01. The zero-order chi connectivity index (χ0) is 12.7. The molecule has 1 aromatic rings. The van der Waals surface area contributed by atoms with Gasteiger partial charge in [0.1, 0.15) is 12.0 Å². The lowest BCUT2D eigenvalue weighted by molar-refractivity contribution is -0.163. The first-order valence-corrected chi connectivity index (χ1v) is 5.61. The standard InChI is InChI=1S/C13H18O4/c1-2-13(9-14,10-15)12(16)17-8-11-6-4-3-5-7-11/h3-7,14-15H,2,8-10H2,1H3. The minimum atomic E-state index is -1.19. The van der Waals surface area contributed by atoms with Crippen molar-refractivity contribution in [3.8, 4) is 0 Å². The number of carbonyl (C=O) groups is 1. The van der Waals surface area contributed by atoms with Crippen molar-refractivity contribution in [3.05, 3.63) is 35.9 Å². The van der Waals surface area contributed by atoms with Crippen molar-refractivity contribution >= 4 is 5.97 Å². The first-order valence-electron chi connectivity index (χ1n) is 5.61. The van der Waals surface area contributed by atoms with Gasteiger partial charge in [0.05, 0.1) is 13.2 Å². The maximum Gasteiger partial charge on any atom is 0.317 e. The SMILES string of the molecule is CCC(CO)(CO)C(=O)OCc1ccccc1. The molecule has 0 aromatic heterocycles. The van der Waals surface area contributed by atoms with E-state index < -0.39 is 24.6 Å². The van der Waals surface area contributed by atoms with Gasteiger partial charge in [0.2, 0.25) is 0 Å². The Bertz CT molecular complexity index is 335. The molecule has 0 saturated carbocycles. The highest BCUT2D eigenvalue weighted by molar-refractivity contribution is 5.77. The summed E-state index contributed by atoms with van der Waals surface area (Å²) in [6.45, 7) is 1.07. The van der Waals surface area contributed by atoms with Crippen molar-refractivity contribution in [1.29, 1.82) is 0 Å². The third-order valence-corrected chi connectivity index (χ3v) is 2.93. The van der Waals surface area contributed by atoms with Crippen LogP contribution in [0.3, 0.4) is 0 Å². The molecular weight excluding hydrogens is 220 g/mol. The minimum Gasteiger partial charge on any atom is -0.460 e. The van der Waals surface area contributed by atoms with Crippen LogP contribution in [0.5, 0.6) is 0 Å². The van der Waals surface area contributed by atoms with Gasteiger partial charge in [0.15, 0.2) is 0 Å². The van der Waals surface area contributed by atoms with E-state index in [1.165, 1.54) is 0 Å². The molecule has 0 bridgehead atoms. The molecule has 0 radical (unpaired) electrons. The molecule has 17 heavy (non-hydrogen) atoms. The molecule has 1 aromatic carbocycles. The molecule has 0 unspecified atom stereocenters. The highest BCUT2D eigenvalue weighted by atomic mass is 16.5. The van der Waals surface area contributed by atoms with Crippen LogP contribution in [0.1, 0.15) is 18.9 Å². The average molecular weight is 238 g/mol. The number of carbonyl (C=O) groups excluding carboxylic acids is 1. The van der Waals surface area contributed by atoms with E-state index >= 15 is 0 Å². The summed E-state index contributed by atoms with van der Waals surface area (Å²) in [5.74, 6) is -0.561. The quantitative estimate of drug-likeness (QED) is 0.729. The molecule has 1 rings (SSSR count). The van der Waals surface area contributed by atoms with Crippen LogP contribution in [0.2, 0.25) is 0 Å². The van der Waals surface area contributed by atoms with Gasteiger partial charge in [-0.3, -0.25) is 4.79 Å². The molecule has 0 aliphatic rings. The predicted octanol–water partition coefficient (Wildman–Crippen LogP) is 1.11. The van der Waals surface area contributed by atoms with Crippen LogP contribution < -0.4 is 0 Å². The van der Waals surface area contributed by atoms with Crippen molar-refractivity contribution in [2.45, 2.75) is 20.0 Å². The van der Waals surface area contributed by atoms with E-state index in [-0.39, 0.29) is 6.61 Å². The molecule has 0 spiro atoms. The summed E-state index contributed by atoms with van der Waals surface area (Å²) in [5, 5.41) is 18.4. The Labute approximate surface area is 101 Å². The normalized spacial score (nSPS) is 11.2. The number of rotatable bonds is 6. The number of ether oxygens (including phenoxy) is 1. The molecule has 2 N–H and O–H groups in total. The molecule has 94 valence electrons. The van der Waals surface area contributed by atoms with Gasteiger partial charge in [0, 0.05) is 0 Å². The summed E-state index contributed by atoms with van der Waals surface area (Å²) < 4.78 is 5.11. The van der Waals surface area contributed by atoms with Crippen LogP contribution in [-0.2, 0) is 16.1 Å². The summed E-state index contributed by atoms with van der Waals surface area (Å²) in [4.78, 5) is 11.8. The van der Waals surface area contributed by atoms with Gasteiger partial charge in [0.25, 0.3) is 0 Å². The summed E-state index contributed by atoms with van der Waals surface area (Å²) in [5.41, 5.74) is -0.309. The van der Waals surface area contributed by atoms with Gasteiger partial charge in [-0.15, -0.1) is 0 Å². The third kappa shape index (κ3) is 3.28. The fourth-order valence-electron chi connectivity index (χ4n) is 1.42. The molecule has 0 atom stereocenters. The number of aliphatic hydroxyl groups is 2. The average Bonchev–Trinajstić information content (AvgIpc) is 2.40. The summed E-state index contributed by atoms with van der Waals surface area (Å²) in [7, 11) is 0. The van der Waals surface area contributed by atoms with Gasteiger partial charge < -0.3 is 14.9 Å². The summed E-state index contributed by atoms with van der Waals surface area (Å²) >= 11 is 0. The van der Waals surface area contributed by atoms with Crippen molar-refractivity contribution in [2.24, 2.45) is 5.41 Å². The van der Waals surface area contributed by atoms with Crippen molar-refractivity contribution in [1.82, 2.24) is 0 Å². The van der Waals surface area contributed by atoms with Crippen LogP contribution in [0, 0.1) is 5.41 Å². The van der Waals surface area contributed by atoms with E-state index in [1.54, 1.807) is 6.92 Å². The van der Waals surface area contributed by atoms with Crippen LogP contribution in [0.15, 0.2) is 30.3 Å². The van der Waals surface area contributed by atoms with Gasteiger partial charge in [-0.25, -0.2) is 0 Å². The molecule has 4 nitrogen and oxygen atoms in total. The number of hydrogen-bond acceptors (Lipinski definition) is 4. The predicted molar refractivity (Wildman–Crippen MR) is 63.1 cm³/mol. The van der Waals surface area contributed by atoms with E-state index in [0.717, 1.165) is 5.56 Å². The van der Waals surface area contributed by atoms with Crippen LogP contribution >= 0.6 is 0 Å². The lowest BCUT2D eigenvalue weighted by Gasteiger charge is -2.25. The first-order chi connectivity index (χ1) is 8.18. The van der Waals surface area contributed by atoms with Gasteiger partial charge in [-0.1, -0.05) is 37.3 Å². The van der Waals surface area contributed by atoms with E-state index in [2.05, 4.69) is 0 Å². The van der Waals surface area contributed by atoms with Crippen LogP contribution in [0.25, 0.3) is 0 Å². The van der Waals surface area contributed by atoms with E-state index in [0.29, 0.717) is 6.42 Å². The fraction of sp³-hybridized carbons (Fsp3) is 0.462. The number of hydrogen-bond donors (Lipinski definition) is 2. The molecule has 0 amide bonds. The zero-order valence-electron chi connectivity index (χ0n) is 9.93. The van der Waals surface area contributed by atoms with E-state index in [4.69, 9.17) is 4.74 Å². The van der Waals surface area contributed by atoms with Crippen LogP contribution in [0.4, 0.5) is 0 Å². The van der Waals surface area contributed by atoms with E-state index in [1.807, 2.05) is 30.3 Å². The van der Waals surface area contributed by atoms with Crippen molar-refractivity contribution in [2.75, 3.05) is 13.2 Å². The fourth-order valence-corrected chi connectivity index (χ4v) is 1.42. The Hall–Kier alpha value is -1.39. The van der Waals surface area contributed by atoms with Gasteiger partial charge in [-0.05, 0) is 12.0 Å². The molecule has 0 aliphatic heterocycles. The lowest BCUT2D eigenvalue weighted by Crippen LogP contribution is -2.39. The first kappa shape index (κ1) is 13.7. The maximum atomic E-state index is 11.8. The largest absolute Gasteiger partial charge is 0.460 e. The van der Waals surface area contributed by atoms with Gasteiger partial charge in [-0.2, -0.15) is 0 Å². The number of esters is 1. The summed E-state index contributed by atoms with van der Waals surface area (Å²) in [6, 6.07) is 9.28. The molecule has 0 saturated heterocycles. The Morgan fingerprint density at radius 3 is 2.29 bits per heavy atom. The van der Waals surface area contributed by atoms with Crippen molar-refractivity contribution < 1.29 is 19.7 Å². The minimum absolute atomic E-state index is 0.154. The smallest absolute Gasteiger partial charge is 0.317 e. The molecule has 0 aliphatic carbocycles. The Balaban J connectivity index is 2.60. The molecule has 0 heterocycles. The Kier molecular flexibility index (Phi) is 5.12. The topological polar surface area (TPSA) is 66.8 Å². The number of aliphatic hydroxyl groups excluding tert-OH is 2. The summed E-state index contributed by atoms with van der Waals surface area (Å²) in [6.07, 6.45) is 0.341. The second-order valence-electron chi connectivity index (χ2n) is 4.01. The zero-order valence-corrected chi connectivity index (χ0v) is 9.93. The monoisotopic (exact) mass is 238 g/mol. The Morgan fingerprint density at radius 1 is 1.24 bits per heavy atom. The second kappa shape index (κ2) is 6.37. The van der Waals surface area contributed by atoms with Crippen molar-refractivity contribution in [3.63, 3.8) is 0 Å².